The van der Waals surface area contributed by atoms with Crippen LogP contribution in [0.4, 0.5) is 0 Å². The van der Waals surface area contributed by atoms with Gasteiger partial charge >= 0.3 is 5.97 Å². The largest absolute Gasteiger partial charge is 0.450 e. The fourth-order valence-electron chi connectivity index (χ4n) is 3.63. The molecule has 1 fully saturated rings. The number of hydrogen-bond acceptors (Lipinski definition) is 5. The Morgan fingerprint density at radius 1 is 1.04 bits per heavy atom. The van der Waals surface area contributed by atoms with Crippen LogP contribution in [0.1, 0.15) is 48.1 Å². The molecule has 28 heavy (non-hydrogen) atoms. The van der Waals surface area contributed by atoms with Crippen LogP contribution < -0.4 is 0 Å². The number of esters is 1. The Kier molecular flexibility index (Phi) is 5.97. The average molecular weight is 383 g/mol. The molecule has 0 bridgehead atoms. The number of rotatable bonds is 5. The zero-order valence-corrected chi connectivity index (χ0v) is 16.4. The highest BCUT2D eigenvalue weighted by Gasteiger charge is 2.26. The molecule has 0 saturated carbocycles. The van der Waals surface area contributed by atoms with E-state index >= 15 is 0 Å². The molecule has 6 nitrogen and oxygen atoms in total. The van der Waals surface area contributed by atoms with Gasteiger partial charge in [0, 0.05) is 24.2 Å². The van der Waals surface area contributed by atoms with Crippen molar-refractivity contribution < 1.29 is 23.5 Å². The average Bonchev–Trinajstić information content (AvgIpc) is 3.15. The van der Waals surface area contributed by atoms with Crippen LogP contribution in [0.2, 0.25) is 0 Å². The van der Waals surface area contributed by atoms with Crippen LogP contribution in [0.15, 0.2) is 40.8 Å². The van der Waals surface area contributed by atoms with Crippen molar-refractivity contribution >= 4 is 17.7 Å². The molecule has 2 aromatic rings. The Morgan fingerprint density at radius 2 is 1.68 bits per heavy atom. The molecule has 148 valence electrons. The quantitative estimate of drug-likeness (QED) is 0.580. The van der Waals surface area contributed by atoms with Crippen LogP contribution >= 0.6 is 0 Å². The van der Waals surface area contributed by atoms with Crippen molar-refractivity contribution in [1.82, 2.24) is 4.90 Å². The Hall–Kier alpha value is -2.89. The lowest BCUT2D eigenvalue weighted by Crippen LogP contribution is -2.44. The predicted molar refractivity (Wildman–Crippen MR) is 104 cm³/mol. The molecule has 1 aromatic heterocycles. The lowest BCUT2D eigenvalue weighted by atomic mass is 9.92. The minimum atomic E-state index is -0.668. The number of ether oxygens (including phenoxy) is 1. The fraction of sp³-hybridized carbons (Fsp3) is 0.409. The Morgan fingerprint density at radius 3 is 2.29 bits per heavy atom. The third kappa shape index (κ3) is 4.68. The summed E-state index contributed by atoms with van der Waals surface area (Å²) in [6, 6.07) is 10.1. The minimum absolute atomic E-state index is 0.0163. The maximum atomic E-state index is 12.3. The van der Waals surface area contributed by atoms with Crippen molar-refractivity contribution in [3.05, 3.63) is 47.7 Å². The number of ketones is 1. The van der Waals surface area contributed by atoms with Gasteiger partial charge in [-0.15, -0.1) is 0 Å². The van der Waals surface area contributed by atoms with Crippen LogP contribution in [0.5, 0.6) is 0 Å². The molecule has 2 atom stereocenters. The number of carbonyl (C=O) groups is 3. The van der Waals surface area contributed by atoms with Crippen molar-refractivity contribution in [2.45, 2.75) is 27.2 Å². The highest BCUT2D eigenvalue weighted by molar-refractivity contribution is 5.94. The van der Waals surface area contributed by atoms with Gasteiger partial charge in [0.1, 0.15) is 5.76 Å². The maximum Gasteiger partial charge on any atom is 0.374 e. The number of carbonyl (C=O) groups excluding carboxylic acids is 3. The van der Waals surface area contributed by atoms with E-state index in [-0.39, 0.29) is 24.1 Å². The zero-order valence-electron chi connectivity index (χ0n) is 16.4. The third-order valence-electron chi connectivity index (χ3n) is 4.93. The molecule has 0 unspecified atom stereocenters. The van der Waals surface area contributed by atoms with Gasteiger partial charge in [-0.1, -0.05) is 38.1 Å². The fourth-order valence-corrected chi connectivity index (χ4v) is 3.63. The van der Waals surface area contributed by atoms with E-state index in [1.807, 2.05) is 0 Å². The van der Waals surface area contributed by atoms with Gasteiger partial charge in [0.25, 0.3) is 5.91 Å². The number of nitrogens with zero attached hydrogens (tertiary/aromatic N) is 1. The molecule has 0 radical (unpaired) electrons. The summed E-state index contributed by atoms with van der Waals surface area (Å²) in [5.74, 6) is 0.565. The Balaban J connectivity index is 1.58. The van der Waals surface area contributed by atoms with Crippen LogP contribution in [-0.4, -0.2) is 42.3 Å². The number of Topliss-reactive ketones (excluding diaryl/α,β-unsaturated/α-hetero) is 1. The first-order valence-electron chi connectivity index (χ1n) is 9.49. The summed E-state index contributed by atoms with van der Waals surface area (Å²) >= 11 is 0. The molecule has 0 spiro atoms. The van der Waals surface area contributed by atoms with Crippen LogP contribution in [0.3, 0.4) is 0 Å². The molecule has 1 saturated heterocycles. The van der Waals surface area contributed by atoms with E-state index in [0.29, 0.717) is 36.2 Å². The van der Waals surface area contributed by atoms with Crippen molar-refractivity contribution in [3.8, 4) is 11.3 Å². The van der Waals surface area contributed by atoms with Crippen LogP contribution in [0.25, 0.3) is 11.3 Å². The number of likely N-dealkylation sites (tertiary alicyclic amines) is 1. The predicted octanol–water partition coefficient (Wildman–Crippen LogP) is 3.81. The Bertz CT molecular complexity index is 857. The van der Waals surface area contributed by atoms with Gasteiger partial charge in [-0.2, -0.15) is 0 Å². The van der Waals surface area contributed by atoms with Gasteiger partial charge in [-0.3, -0.25) is 9.59 Å². The summed E-state index contributed by atoms with van der Waals surface area (Å²) in [6.45, 7) is 6.85. The summed E-state index contributed by atoms with van der Waals surface area (Å²) < 4.78 is 10.7. The van der Waals surface area contributed by atoms with Gasteiger partial charge in [-0.25, -0.2) is 4.79 Å². The molecule has 1 aromatic carbocycles. The molecule has 0 aliphatic carbocycles. The van der Waals surface area contributed by atoms with Crippen molar-refractivity contribution in [3.63, 3.8) is 0 Å². The molecule has 1 aliphatic rings. The second-order valence-electron chi connectivity index (χ2n) is 7.62. The van der Waals surface area contributed by atoms with E-state index in [9.17, 15) is 14.4 Å². The molecule has 0 N–H and O–H groups in total. The van der Waals surface area contributed by atoms with Gasteiger partial charge in [0.05, 0.1) is 0 Å². The smallest absolute Gasteiger partial charge is 0.374 e. The highest BCUT2D eigenvalue weighted by atomic mass is 16.5. The van der Waals surface area contributed by atoms with Crippen molar-refractivity contribution in [1.29, 1.82) is 0 Å². The molecular weight excluding hydrogens is 358 g/mol. The first kappa shape index (κ1) is 19.9. The van der Waals surface area contributed by atoms with Crippen LogP contribution in [-0.2, 0) is 9.53 Å². The topological polar surface area (TPSA) is 76.8 Å². The molecule has 6 heteroatoms. The van der Waals surface area contributed by atoms with Crippen molar-refractivity contribution in [2.24, 2.45) is 11.8 Å². The van der Waals surface area contributed by atoms with Crippen molar-refractivity contribution in [2.75, 3.05) is 19.7 Å². The van der Waals surface area contributed by atoms with E-state index < -0.39 is 5.97 Å². The second-order valence-corrected chi connectivity index (χ2v) is 7.62. The highest BCUT2D eigenvalue weighted by Crippen LogP contribution is 2.24. The first-order valence-corrected chi connectivity index (χ1v) is 9.49. The Labute approximate surface area is 164 Å². The first-order chi connectivity index (χ1) is 13.3. The van der Waals surface area contributed by atoms with Gasteiger partial charge in [0.2, 0.25) is 5.76 Å². The molecule has 2 heterocycles. The normalized spacial score (nSPS) is 19.3. The monoisotopic (exact) mass is 383 g/mol. The SMILES string of the molecule is CC(=O)c1ccc(-c2ccc(C(=O)OCC(=O)N3C[C@H](C)C[C@@H](C)C3)o2)cc1. The molecule has 1 aliphatic heterocycles. The lowest BCUT2D eigenvalue weighted by molar-refractivity contribution is -0.137. The molecule has 1 amide bonds. The number of amides is 1. The zero-order chi connectivity index (χ0) is 20.3. The summed E-state index contributed by atoms with van der Waals surface area (Å²) in [6.07, 6.45) is 1.10. The lowest BCUT2D eigenvalue weighted by Gasteiger charge is -2.34. The van der Waals surface area contributed by atoms with Gasteiger partial charge < -0.3 is 14.1 Å². The number of hydrogen-bond donors (Lipinski definition) is 0. The summed E-state index contributed by atoms with van der Waals surface area (Å²) in [5, 5.41) is 0. The summed E-state index contributed by atoms with van der Waals surface area (Å²) in [5.41, 5.74) is 1.35. The number of furan rings is 1. The van der Waals surface area contributed by atoms with E-state index in [1.54, 1.807) is 35.2 Å². The van der Waals surface area contributed by atoms with E-state index in [2.05, 4.69) is 13.8 Å². The molecular formula is C22H25NO5. The van der Waals surface area contributed by atoms with E-state index in [4.69, 9.17) is 9.15 Å². The molecule has 3 rings (SSSR count). The summed E-state index contributed by atoms with van der Waals surface area (Å²) in [7, 11) is 0. The second kappa shape index (κ2) is 8.42. The third-order valence-corrected chi connectivity index (χ3v) is 4.93. The summed E-state index contributed by atoms with van der Waals surface area (Å²) in [4.78, 5) is 37.7. The van der Waals surface area contributed by atoms with Crippen LogP contribution in [0, 0.1) is 11.8 Å². The maximum absolute atomic E-state index is 12.3. The van der Waals surface area contributed by atoms with E-state index in [1.165, 1.54) is 13.0 Å². The number of benzene rings is 1. The van der Waals surface area contributed by atoms with Gasteiger partial charge in [-0.05, 0) is 37.3 Å². The minimum Gasteiger partial charge on any atom is -0.450 e. The van der Waals surface area contributed by atoms with E-state index in [0.717, 1.165) is 12.0 Å². The standard InChI is InChI=1S/C22H25NO5/c1-14-10-15(2)12-23(11-14)21(25)13-27-22(26)20-9-8-19(28-20)18-6-4-17(5-7-18)16(3)24/h4-9,14-15H,10-13H2,1-3H3/t14-,15-/m1/s1. The van der Waals surface area contributed by atoms with Gasteiger partial charge in [0.15, 0.2) is 12.4 Å². The number of piperidine rings is 1.